The Labute approximate surface area is 93.7 Å². The Morgan fingerprint density at radius 1 is 1.50 bits per heavy atom. The normalized spacial score (nSPS) is 12.9. The fourth-order valence-corrected chi connectivity index (χ4v) is 1.62. The van der Waals surface area contributed by atoms with Gasteiger partial charge in [-0.1, -0.05) is 0 Å². The SMILES string of the molecule is CCn1ncnc1CC(O)c1ccc(C)o1. The molecule has 0 saturated heterocycles. The minimum atomic E-state index is -0.664. The lowest BCUT2D eigenvalue weighted by molar-refractivity contribution is 0.145. The average molecular weight is 221 g/mol. The second-order valence-corrected chi connectivity index (χ2v) is 3.66. The summed E-state index contributed by atoms with van der Waals surface area (Å²) in [6, 6.07) is 3.62. The Balaban J connectivity index is 2.10. The molecule has 0 aromatic carbocycles. The van der Waals surface area contributed by atoms with Gasteiger partial charge in [0.1, 0.15) is 29.8 Å². The fraction of sp³-hybridized carbons (Fsp3) is 0.455. The van der Waals surface area contributed by atoms with Gasteiger partial charge in [-0.05, 0) is 26.0 Å². The number of rotatable bonds is 4. The first-order chi connectivity index (χ1) is 7.70. The van der Waals surface area contributed by atoms with Crippen LogP contribution in [0.3, 0.4) is 0 Å². The van der Waals surface area contributed by atoms with E-state index in [1.54, 1.807) is 10.7 Å². The molecule has 2 aromatic rings. The van der Waals surface area contributed by atoms with Gasteiger partial charge in [-0.2, -0.15) is 5.10 Å². The average Bonchev–Trinajstić information content (AvgIpc) is 2.86. The molecule has 2 aromatic heterocycles. The highest BCUT2D eigenvalue weighted by molar-refractivity contribution is 5.09. The van der Waals surface area contributed by atoms with Gasteiger partial charge < -0.3 is 9.52 Å². The molecule has 2 rings (SSSR count). The van der Waals surface area contributed by atoms with Gasteiger partial charge in [0.05, 0.1) is 0 Å². The number of furan rings is 1. The van der Waals surface area contributed by atoms with E-state index in [9.17, 15) is 5.11 Å². The molecule has 5 heteroatoms. The summed E-state index contributed by atoms with van der Waals surface area (Å²) in [7, 11) is 0. The molecule has 2 heterocycles. The second-order valence-electron chi connectivity index (χ2n) is 3.66. The Hall–Kier alpha value is -1.62. The van der Waals surface area contributed by atoms with E-state index >= 15 is 0 Å². The number of hydrogen-bond acceptors (Lipinski definition) is 4. The van der Waals surface area contributed by atoms with Crippen molar-refractivity contribution in [1.82, 2.24) is 14.8 Å². The van der Waals surface area contributed by atoms with E-state index in [4.69, 9.17) is 4.42 Å². The molecule has 0 aliphatic rings. The lowest BCUT2D eigenvalue weighted by Gasteiger charge is -2.07. The summed E-state index contributed by atoms with van der Waals surface area (Å²) < 4.78 is 7.12. The van der Waals surface area contributed by atoms with Crippen LogP contribution >= 0.6 is 0 Å². The molecule has 1 unspecified atom stereocenters. The van der Waals surface area contributed by atoms with Crippen LogP contribution in [0.5, 0.6) is 0 Å². The summed E-state index contributed by atoms with van der Waals surface area (Å²) in [5, 5.41) is 14.0. The predicted molar refractivity (Wildman–Crippen MR) is 57.8 cm³/mol. The highest BCUT2D eigenvalue weighted by atomic mass is 16.4. The van der Waals surface area contributed by atoms with Crippen LogP contribution in [0.25, 0.3) is 0 Å². The smallest absolute Gasteiger partial charge is 0.138 e. The minimum Gasteiger partial charge on any atom is -0.464 e. The quantitative estimate of drug-likeness (QED) is 0.849. The number of hydrogen-bond donors (Lipinski definition) is 1. The van der Waals surface area contributed by atoms with Gasteiger partial charge in [-0.25, -0.2) is 4.98 Å². The zero-order valence-corrected chi connectivity index (χ0v) is 9.42. The molecular formula is C11H15N3O2. The third kappa shape index (κ3) is 2.14. The summed E-state index contributed by atoms with van der Waals surface area (Å²) in [5.41, 5.74) is 0. The van der Waals surface area contributed by atoms with Gasteiger partial charge in [0.2, 0.25) is 0 Å². The maximum atomic E-state index is 9.95. The number of nitrogens with zero attached hydrogens (tertiary/aromatic N) is 3. The van der Waals surface area contributed by atoms with Crippen molar-refractivity contribution in [3.05, 3.63) is 35.8 Å². The first-order valence-corrected chi connectivity index (χ1v) is 5.31. The van der Waals surface area contributed by atoms with Crippen molar-refractivity contribution in [1.29, 1.82) is 0 Å². The van der Waals surface area contributed by atoms with Crippen molar-refractivity contribution in [2.24, 2.45) is 0 Å². The number of aromatic nitrogens is 3. The molecule has 0 radical (unpaired) electrons. The lowest BCUT2D eigenvalue weighted by Crippen LogP contribution is -2.09. The van der Waals surface area contributed by atoms with Gasteiger partial charge >= 0.3 is 0 Å². The zero-order chi connectivity index (χ0) is 11.5. The number of aliphatic hydroxyl groups excluding tert-OH is 1. The molecular weight excluding hydrogens is 206 g/mol. The fourth-order valence-electron chi connectivity index (χ4n) is 1.62. The molecule has 16 heavy (non-hydrogen) atoms. The molecule has 0 aliphatic heterocycles. The van der Waals surface area contributed by atoms with Gasteiger partial charge in [-0.3, -0.25) is 4.68 Å². The van der Waals surface area contributed by atoms with Crippen molar-refractivity contribution in [2.45, 2.75) is 32.9 Å². The predicted octanol–water partition coefficient (Wildman–Crippen LogP) is 1.48. The first-order valence-electron chi connectivity index (χ1n) is 5.31. The third-order valence-electron chi connectivity index (χ3n) is 2.46. The second kappa shape index (κ2) is 4.49. The first kappa shape index (κ1) is 10.9. The van der Waals surface area contributed by atoms with Crippen LogP contribution in [0, 0.1) is 6.92 Å². The maximum Gasteiger partial charge on any atom is 0.138 e. The summed E-state index contributed by atoms with van der Waals surface area (Å²) in [6.07, 6.45) is 1.25. The van der Waals surface area contributed by atoms with Crippen molar-refractivity contribution in [3.63, 3.8) is 0 Å². The Morgan fingerprint density at radius 2 is 2.31 bits per heavy atom. The lowest BCUT2D eigenvalue weighted by atomic mass is 10.2. The Kier molecular flexibility index (Phi) is 3.05. The molecule has 0 spiro atoms. The highest BCUT2D eigenvalue weighted by Crippen LogP contribution is 2.19. The van der Waals surface area contributed by atoms with Crippen molar-refractivity contribution >= 4 is 0 Å². The largest absolute Gasteiger partial charge is 0.464 e. The minimum absolute atomic E-state index is 0.417. The maximum absolute atomic E-state index is 9.95. The van der Waals surface area contributed by atoms with Gasteiger partial charge in [0, 0.05) is 13.0 Å². The third-order valence-corrected chi connectivity index (χ3v) is 2.46. The van der Waals surface area contributed by atoms with Crippen LogP contribution < -0.4 is 0 Å². The highest BCUT2D eigenvalue weighted by Gasteiger charge is 2.15. The van der Waals surface area contributed by atoms with Crippen LogP contribution in [-0.4, -0.2) is 19.9 Å². The van der Waals surface area contributed by atoms with Crippen molar-refractivity contribution < 1.29 is 9.52 Å². The molecule has 0 aliphatic carbocycles. The van der Waals surface area contributed by atoms with Crippen LogP contribution in [0.15, 0.2) is 22.9 Å². The van der Waals surface area contributed by atoms with Crippen LogP contribution in [0.4, 0.5) is 0 Å². The van der Waals surface area contributed by atoms with Gasteiger partial charge in [0.25, 0.3) is 0 Å². The summed E-state index contributed by atoms with van der Waals surface area (Å²) in [6.45, 7) is 4.59. The van der Waals surface area contributed by atoms with E-state index in [1.165, 1.54) is 6.33 Å². The molecule has 0 bridgehead atoms. The van der Waals surface area contributed by atoms with E-state index in [-0.39, 0.29) is 0 Å². The Morgan fingerprint density at radius 3 is 2.94 bits per heavy atom. The molecule has 0 fully saturated rings. The van der Waals surface area contributed by atoms with E-state index in [2.05, 4.69) is 10.1 Å². The summed E-state index contributed by atoms with van der Waals surface area (Å²) in [4.78, 5) is 4.11. The van der Waals surface area contributed by atoms with Gasteiger partial charge in [-0.15, -0.1) is 0 Å². The topological polar surface area (TPSA) is 64.1 Å². The van der Waals surface area contributed by atoms with Crippen LogP contribution in [-0.2, 0) is 13.0 Å². The number of aryl methyl sites for hydroxylation is 2. The van der Waals surface area contributed by atoms with E-state index in [0.717, 1.165) is 18.1 Å². The molecule has 1 atom stereocenters. The monoisotopic (exact) mass is 221 g/mol. The molecule has 1 N–H and O–H groups in total. The standard InChI is InChI=1S/C11H15N3O2/c1-3-14-11(12-7-13-14)6-9(15)10-5-4-8(2)16-10/h4-5,7,9,15H,3,6H2,1-2H3. The van der Waals surface area contributed by atoms with E-state index in [1.807, 2.05) is 19.9 Å². The molecule has 5 nitrogen and oxygen atoms in total. The van der Waals surface area contributed by atoms with Crippen molar-refractivity contribution in [3.8, 4) is 0 Å². The number of aliphatic hydroxyl groups is 1. The Bertz CT molecular complexity index is 461. The van der Waals surface area contributed by atoms with E-state index in [0.29, 0.717) is 12.2 Å². The van der Waals surface area contributed by atoms with Crippen molar-refractivity contribution in [2.75, 3.05) is 0 Å². The zero-order valence-electron chi connectivity index (χ0n) is 9.42. The molecule has 86 valence electrons. The summed E-state index contributed by atoms with van der Waals surface area (Å²) >= 11 is 0. The van der Waals surface area contributed by atoms with E-state index < -0.39 is 6.10 Å². The van der Waals surface area contributed by atoms with Gasteiger partial charge in [0.15, 0.2) is 0 Å². The van der Waals surface area contributed by atoms with Crippen LogP contribution in [0.2, 0.25) is 0 Å². The van der Waals surface area contributed by atoms with Crippen LogP contribution in [0.1, 0.15) is 30.4 Å². The molecule has 0 amide bonds. The molecule has 0 saturated carbocycles. The summed E-state index contributed by atoms with van der Waals surface area (Å²) in [5.74, 6) is 2.14.